The van der Waals surface area contributed by atoms with Crippen LogP contribution in [0.2, 0.25) is 0 Å². The van der Waals surface area contributed by atoms with Gasteiger partial charge in [0, 0.05) is 0 Å². The fourth-order valence-electron chi connectivity index (χ4n) is 1.16. The summed E-state index contributed by atoms with van der Waals surface area (Å²) in [5.74, 6) is -0.771. The second-order valence-electron chi connectivity index (χ2n) is 3.04. The van der Waals surface area contributed by atoms with E-state index in [-0.39, 0.29) is 5.56 Å². The molecule has 1 rings (SSSR count). The molecule has 0 bridgehead atoms. The molecule has 4 nitrogen and oxygen atoms in total. The van der Waals surface area contributed by atoms with Crippen LogP contribution in [0.4, 0.5) is 13.2 Å². The summed E-state index contributed by atoms with van der Waals surface area (Å²) >= 11 is 0. The molecular formula is C10H8F3N2O2+. The molecule has 0 aliphatic heterocycles. The van der Waals surface area contributed by atoms with Crippen molar-refractivity contribution < 1.29 is 23.0 Å². The molecular weight excluding hydrogens is 237 g/mol. The van der Waals surface area contributed by atoms with Crippen LogP contribution in [0.1, 0.15) is 11.1 Å². The van der Waals surface area contributed by atoms with Crippen LogP contribution in [0.3, 0.4) is 0 Å². The maximum Gasteiger partial charge on any atom is 0.471 e. The summed E-state index contributed by atoms with van der Waals surface area (Å²) in [6, 6.07) is 3.98. The lowest BCUT2D eigenvalue weighted by molar-refractivity contribution is -0.137. The van der Waals surface area contributed by atoms with Crippen molar-refractivity contribution >= 4 is 5.70 Å². The third-order valence-corrected chi connectivity index (χ3v) is 1.96. The molecule has 1 aromatic rings. The Hall–Kier alpha value is -2.23. The Balaban J connectivity index is 3.30. The van der Waals surface area contributed by atoms with Crippen molar-refractivity contribution in [3.63, 3.8) is 0 Å². The minimum absolute atomic E-state index is 0.110. The number of rotatable bonds is 2. The Bertz CT molecular complexity index is 489. The van der Waals surface area contributed by atoms with Crippen LogP contribution in [-0.4, -0.2) is 12.2 Å². The van der Waals surface area contributed by atoms with E-state index in [1.54, 1.807) is 0 Å². The smallest absolute Gasteiger partial charge is 0.471 e. The lowest BCUT2D eigenvalue weighted by Gasteiger charge is -2.05. The second kappa shape index (κ2) is 4.74. The highest BCUT2D eigenvalue weighted by molar-refractivity contribution is 5.71. The van der Waals surface area contributed by atoms with E-state index in [2.05, 4.69) is 9.71 Å². The van der Waals surface area contributed by atoms with E-state index in [1.165, 1.54) is 6.07 Å². The van der Waals surface area contributed by atoms with Gasteiger partial charge in [0.1, 0.15) is 0 Å². The number of methoxy groups -OCH3 is 1. The number of alkyl halides is 3. The summed E-state index contributed by atoms with van der Waals surface area (Å²) in [6.07, 6.45) is -4.51. The highest BCUT2D eigenvalue weighted by Gasteiger charge is 2.32. The molecule has 0 saturated carbocycles. The quantitative estimate of drug-likeness (QED) is 0.641. The zero-order valence-corrected chi connectivity index (χ0v) is 8.69. The van der Waals surface area contributed by atoms with Gasteiger partial charge in [-0.25, -0.2) is 0 Å². The Morgan fingerprint density at radius 2 is 2.06 bits per heavy atom. The number of nitrogens with zero attached hydrogens (tertiary/aromatic N) is 2. The molecule has 0 atom stereocenters. The zero-order valence-electron chi connectivity index (χ0n) is 8.69. The number of diazo groups is 1. The first kappa shape index (κ1) is 12.8. The van der Waals surface area contributed by atoms with Gasteiger partial charge in [0.2, 0.25) is 5.39 Å². The van der Waals surface area contributed by atoms with Crippen LogP contribution in [0, 0.1) is 5.39 Å². The molecule has 1 aromatic carbocycles. The molecule has 0 aliphatic carbocycles. The first-order chi connectivity index (χ1) is 7.90. The van der Waals surface area contributed by atoms with Gasteiger partial charge in [0.05, 0.1) is 18.2 Å². The van der Waals surface area contributed by atoms with Crippen LogP contribution < -0.4 is 0 Å². The monoisotopic (exact) mass is 245 g/mol. The summed E-state index contributed by atoms with van der Waals surface area (Å²) < 4.78 is 41.6. The van der Waals surface area contributed by atoms with E-state index in [0.29, 0.717) is 0 Å². The van der Waals surface area contributed by atoms with Gasteiger partial charge in [-0.05, 0) is 18.2 Å². The van der Waals surface area contributed by atoms with Crippen molar-refractivity contribution in [2.75, 3.05) is 7.11 Å². The van der Waals surface area contributed by atoms with Crippen molar-refractivity contribution in [2.24, 2.45) is 0 Å². The third kappa shape index (κ3) is 2.87. The number of hydrogen-bond acceptors (Lipinski definition) is 3. The van der Waals surface area contributed by atoms with Crippen molar-refractivity contribution in [1.29, 1.82) is 5.39 Å². The maximum atomic E-state index is 12.4. The Kier molecular flexibility index (Phi) is 3.58. The first-order valence-electron chi connectivity index (χ1n) is 4.40. The predicted molar refractivity (Wildman–Crippen MR) is 53.1 cm³/mol. The fourth-order valence-corrected chi connectivity index (χ4v) is 1.16. The normalized spacial score (nSPS) is 12.6. The highest BCUT2D eigenvalue weighted by Crippen LogP contribution is 2.31. The van der Waals surface area contributed by atoms with E-state index in [9.17, 15) is 18.3 Å². The van der Waals surface area contributed by atoms with Crippen LogP contribution >= 0.6 is 0 Å². The summed E-state index contributed by atoms with van der Waals surface area (Å²) in [6.45, 7) is 0. The molecule has 0 aromatic heterocycles. The average molecular weight is 245 g/mol. The Morgan fingerprint density at radius 3 is 2.53 bits per heavy atom. The van der Waals surface area contributed by atoms with E-state index in [0.717, 1.165) is 25.3 Å². The Labute approximate surface area is 94.6 Å². The molecule has 0 aliphatic rings. The third-order valence-electron chi connectivity index (χ3n) is 1.96. The average Bonchev–Trinajstić information content (AvgIpc) is 2.29. The molecule has 7 heteroatoms. The summed E-state index contributed by atoms with van der Waals surface area (Å²) in [5.41, 5.74) is -1.50. The molecule has 90 valence electrons. The standard InChI is InChI=1S/C10H7F3N2O2/c1-17-9(16)8(15-14)6-3-2-4-7(5-6)10(11,12)13/h2-5H,1H3/p+1/b9-8+. The van der Waals surface area contributed by atoms with Crippen LogP contribution in [0.15, 0.2) is 30.2 Å². The van der Waals surface area contributed by atoms with E-state index >= 15 is 0 Å². The van der Waals surface area contributed by atoms with Crippen LogP contribution in [0.25, 0.3) is 10.7 Å². The summed E-state index contributed by atoms with van der Waals surface area (Å²) in [5, 5.41) is 17.8. The topological polar surface area (TPSA) is 57.6 Å². The molecule has 1 N–H and O–H groups in total. The second-order valence-corrected chi connectivity index (χ2v) is 3.04. The molecule has 0 unspecified atom stereocenters. The highest BCUT2D eigenvalue weighted by atomic mass is 19.4. The van der Waals surface area contributed by atoms with Gasteiger partial charge in [0.25, 0.3) is 0 Å². The molecule has 0 heterocycles. The van der Waals surface area contributed by atoms with E-state index < -0.39 is 23.4 Å². The Morgan fingerprint density at radius 1 is 1.41 bits per heavy atom. The van der Waals surface area contributed by atoms with Crippen molar-refractivity contribution in [1.82, 2.24) is 0 Å². The number of benzene rings is 1. The van der Waals surface area contributed by atoms with E-state index in [4.69, 9.17) is 5.39 Å². The van der Waals surface area contributed by atoms with Crippen molar-refractivity contribution in [3.05, 3.63) is 46.3 Å². The number of hydrogen-bond donors (Lipinski definition) is 1. The number of ether oxygens (including phenoxy) is 1. The van der Waals surface area contributed by atoms with Gasteiger partial charge < -0.3 is 9.84 Å². The van der Waals surface area contributed by atoms with Gasteiger partial charge in [0.15, 0.2) is 4.98 Å². The summed E-state index contributed by atoms with van der Waals surface area (Å²) in [7, 11) is 1.09. The lowest BCUT2D eigenvalue weighted by Crippen LogP contribution is -2.05. The molecule has 0 saturated heterocycles. The predicted octanol–water partition coefficient (Wildman–Crippen LogP) is 3.39. The van der Waals surface area contributed by atoms with Gasteiger partial charge in [-0.15, -0.1) is 0 Å². The first-order valence-corrected chi connectivity index (χ1v) is 4.40. The molecule has 17 heavy (non-hydrogen) atoms. The van der Waals surface area contributed by atoms with Gasteiger partial charge in [-0.1, -0.05) is 6.07 Å². The summed E-state index contributed by atoms with van der Waals surface area (Å²) in [4.78, 5) is 2.69. The molecule has 0 fully saturated rings. The van der Waals surface area contributed by atoms with E-state index in [1.807, 2.05) is 0 Å². The molecule has 0 amide bonds. The number of halogens is 3. The van der Waals surface area contributed by atoms with Crippen molar-refractivity contribution in [3.8, 4) is 0 Å². The van der Waals surface area contributed by atoms with Gasteiger partial charge >= 0.3 is 17.8 Å². The number of aliphatic hydroxyl groups is 1. The maximum absolute atomic E-state index is 12.4. The minimum Gasteiger partial charge on any atom is -0.475 e. The molecule has 0 spiro atoms. The SMILES string of the molecule is CO/C(O)=C(/[N+]#N)c1cccc(C(F)(F)F)c1. The van der Waals surface area contributed by atoms with Crippen LogP contribution in [-0.2, 0) is 10.9 Å². The van der Waals surface area contributed by atoms with Gasteiger partial charge in [-0.2, -0.15) is 13.2 Å². The van der Waals surface area contributed by atoms with Crippen molar-refractivity contribution in [2.45, 2.75) is 6.18 Å². The molecule has 0 radical (unpaired) electrons. The largest absolute Gasteiger partial charge is 0.475 e. The van der Waals surface area contributed by atoms with Gasteiger partial charge in [-0.3, -0.25) is 0 Å². The zero-order chi connectivity index (χ0) is 13.1. The van der Waals surface area contributed by atoms with Crippen LogP contribution in [0.5, 0.6) is 0 Å². The number of aliphatic hydroxyl groups excluding tert-OH is 1. The minimum atomic E-state index is -4.51. The lowest BCUT2D eigenvalue weighted by atomic mass is 10.1. The fraction of sp³-hybridized carbons (Fsp3) is 0.200.